The Morgan fingerprint density at radius 2 is 1.23 bits per heavy atom. The summed E-state index contributed by atoms with van der Waals surface area (Å²) in [4.78, 5) is 13.4. The fourth-order valence-corrected chi connectivity index (χ4v) is 11.1. The minimum Gasteiger partial charge on any atom is -0.510 e. The first-order chi connectivity index (χ1) is 38.2. The number of pyridine rings is 1. The molecule has 0 amide bonds. The monoisotopic (exact) mass is 1200 g/mol. The van der Waals surface area contributed by atoms with E-state index in [-0.39, 0.29) is 26.5 Å². The van der Waals surface area contributed by atoms with Crippen LogP contribution < -0.4 is 14.5 Å². The summed E-state index contributed by atoms with van der Waals surface area (Å²) in [5, 5.41) is 4.09. The van der Waals surface area contributed by atoms with E-state index in [1.54, 1.807) is 6.07 Å². The van der Waals surface area contributed by atoms with Crippen molar-refractivity contribution < 1.29 is 30.2 Å². The van der Waals surface area contributed by atoms with Crippen LogP contribution in [0.25, 0.3) is 98.9 Å². The Kier molecular flexibility index (Phi) is 12.3. The molecule has 13 aromatic rings. The van der Waals surface area contributed by atoms with Crippen molar-refractivity contribution in [2.45, 2.75) is 26.2 Å². The van der Waals surface area contributed by atoms with Gasteiger partial charge in [0, 0.05) is 67.0 Å². The number of nitrogens with zero attached hydrogens (tertiary/aromatic N) is 5. The van der Waals surface area contributed by atoms with Crippen molar-refractivity contribution in [1.29, 1.82) is 0 Å². The van der Waals surface area contributed by atoms with Crippen molar-refractivity contribution in [2.75, 3.05) is 9.80 Å². The quantitative estimate of drug-likeness (QED) is 0.135. The summed E-state index contributed by atoms with van der Waals surface area (Å²) in [5.41, 5.74) is 16.9. The first-order valence-corrected chi connectivity index (χ1v) is 26.1. The minimum atomic E-state index is -0.125. The van der Waals surface area contributed by atoms with E-state index in [4.69, 9.17) is 20.7 Å². The van der Waals surface area contributed by atoms with Gasteiger partial charge >= 0.3 is 0 Å². The number of fused-ring (bicyclic) bond motifs is 8. The Bertz CT molecular complexity index is 4520. The molecule has 1 aliphatic heterocycles. The Balaban J connectivity index is 0.00000591. The van der Waals surface area contributed by atoms with Crippen molar-refractivity contribution in [3.05, 3.63) is 266 Å². The van der Waals surface area contributed by atoms with Gasteiger partial charge < -0.3 is 23.5 Å². The minimum absolute atomic E-state index is 0. The molecule has 7 nitrogen and oxygen atoms in total. The van der Waals surface area contributed by atoms with Gasteiger partial charge in [-0.05, 0) is 91.5 Å². The standard InChI is InChI=1S/C71H48N5O2.Pt/c1-71(2,3)53-36-37-73-66(40-53)76-63-44-56(32-33-61(63)70-69(76)67-58-27-15-14-24-49(58)31-35-65(67)78-70)77-57-42-54(72-4)41-55(43-57)74-45-75(62-34-30-51(39-64(62)74)47-20-10-6-11-21-47)68-59(48-22-12-7-13-23-48)28-17-29-60(68)52-26-16-25-50(38-52)46-18-8-5-9-19-46;/h5-42,45H,1-3H3;/q-3;. The van der Waals surface area contributed by atoms with Crippen LogP contribution in [0.3, 0.4) is 0 Å². The Morgan fingerprint density at radius 3 is 1.97 bits per heavy atom. The third kappa shape index (κ3) is 8.72. The van der Waals surface area contributed by atoms with Crippen molar-refractivity contribution in [2.24, 2.45) is 0 Å². The number of benzene rings is 10. The van der Waals surface area contributed by atoms with Gasteiger partial charge in [-0.3, -0.25) is 4.85 Å². The predicted octanol–water partition coefficient (Wildman–Crippen LogP) is 19.4. The Labute approximate surface area is 473 Å². The van der Waals surface area contributed by atoms with Gasteiger partial charge in [-0.15, -0.1) is 42.7 Å². The van der Waals surface area contributed by atoms with Crippen LogP contribution in [0.1, 0.15) is 26.3 Å². The molecule has 0 saturated heterocycles. The van der Waals surface area contributed by atoms with Crippen LogP contribution in [0.2, 0.25) is 0 Å². The Hall–Kier alpha value is -9.47. The van der Waals surface area contributed by atoms with E-state index in [0.29, 0.717) is 22.9 Å². The van der Waals surface area contributed by atoms with Crippen LogP contribution in [-0.2, 0) is 26.5 Å². The maximum absolute atomic E-state index is 8.43. The number of aromatic nitrogens is 2. The third-order valence-electron chi connectivity index (χ3n) is 14.9. The van der Waals surface area contributed by atoms with Crippen molar-refractivity contribution in [3.63, 3.8) is 0 Å². The molecule has 0 spiro atoms. The van der Waals surface area contributed by atoms with Crippen molar-refractivity contribution >= 4 is 72.2 Å². The van der Waals surface area contributed by atoms with Gasteiger partial charge in [0.05, 0.1) is 23.2 Å². The molecule has 8 heteroatoms. The molecular weight excluding hydrogens is 1150 g/mol. The summed E-state index contributed by atoms with van der Waals surface area (Å²) in [5.74, 6) is 1.57. The van der Waals surface area contributed by atoms with E-state index < -0.39 is 0 Å². The van der Waals surface area contributed by atoms with Crippen LogP contribution in [0.5, 0.6) is 11.5 Å². The van der Waals surface area contributed by atoms with Gasteiger partial charge in [0.25, 0.3) is 0 Å². The van der Waals surface area contributed by atoms with E-state index in [1.165, 1.54) is 0 Å². The third-order valence-corrected chi connectivity index (χ3v) is 14.9. The molecule has 10 aromatic carbocycles. The maximum atomic E-state index is 8.43. The van der Waals surface area contributed by atoms with Gasteiger partial charge in [-0.25, -0.2) is 4.98 Å². The normalized spacial score (nSPS) is 12.3. The van der Waals surface area contributed by atoms with Gasteiger partial charge in [0.2, 0.25) is 0 Å². The fourth-order valence-electron chi connectivity index (χ4n) is 11.1. The van der Waals surface area contributed by atoms with Crippen molar-refractivity contribution in [1.82, 2.24) is 9.55 Å². The van der Waals surface area contributed by atoms with Gasteiger partial charge in [0.15, 0.2) is 0 Å². The van der Waals surface area contributed by atoms with Gasteiger partial charge in [-0.1, -0.05) is 195 Å². The first-order valence-electron chi connectivity index (χ1n) is 26.1. The molecule has 0 bridgehead atoms. The molecule has 382 valence electrons. The number of para-hydroxylation sites is 1. The predicted molar refractivity (Wildman–Crippen MR) is 318 cm³/mol. The average Bonchev–Trinajstić information content (AvgIpc) is 4.00. The maximum Gasteiger partial charge on any atom is 0.136 e. The van der Waals surface area contributed by atoms with Crippen LogP contribution in [0.15, 0.2) is 235 Å². The topological polar surface area (TPSA) is 51.0 Å². The van der Waals surface area contributed by atoms with E-state index in [2.05, 4.69) is 247 Å². The summed E-state index contributed by atoms with van der Waals surface area (Å²) < 4.78 is 15.8. The largest absolute Gasteiger partial charge is 0.510 e. The number of rotatable bonds is 9. The molecule has 0 saturated carbocycles. The zero-order valence-corrected chi connectivity index (χ0v) is 45.7. The van der Waals surface area contributed by atoms with Gasteiger partial charge in [0.1, 0.15) is 17.0 Å². The van der Waals surface area contributed by atoms with Crippen LogP contribution >= 0.6 is 0 Å². The van der Waals surface area contributed by atoms with Crippen LogP contribution in [0, 0.1) is 25.4 Å². The van der Waals surface area contributed by atoms with Crippen LogP contribution in [-0.4, -0.2) is 9.55 Å². The van der Waals surface area contributed by atoms with Crippen LogP contribution in [0.4, 0.5) is 28.4 Å². The summed E-state index contributed by atoms with van der Waals surface area (Å²) >= 11 is 0. The number of furan rings is 1. The molecule has 0 fully saturated rings. The Morgan fingerprint density at radius 1 is 0.557 bits per heavy atom. The summed E-state index contributed by atoms with van der Waals surface area (Å²) in [6, 6.07) is 85.1. The molecule has 0 aliphatic carbocycles. The second-order valence-electron chi connectivity index (χ2n) is 20.8. The van der Waals surface area contributed by atoms with E-state index >= 15 is 0 Å². The van der Waals surface area contributed by atoms with E-state index in [1.807, 2.05) is 36.5 Å². The number of ether oxygens (including phenoxy) is 1. The molecule has 14 rings (SSSR count). The summed E-state index contributed by atoms with van der Waals surface area (Å²) in [7, 11) is 0. The smallest absolute Gasteiger partial charge is 0.136 e. The first kappa shape index (κ1) is 49.1. The fraction of sp³-hybridized carbons (Fsp3) is 0.0563. The number of hydrogen-bond donors (Lipinski definition) is 0. The molecular formula is C71H48N5O2Pt-3. The summed E-state index contributed by atoms with van der Waals surface area (Å²) in [6.07, 6.45) is 1.88. The van der Waals surface area contributed by atoms with E-state index in [0.717, 1.165) is 117 Å². The SMILES string of the molecule is [C-]#[N+]c1cc(Oc2[c-]c3c(cc2)c2oc4ccc5ccccc5c4c2n3-c2cc(C(C)(C)C)ccn2)[c-]c(N2[CH-]N(c3c(-c4ccccc4)cccc3-c3cccc(-c4ccccc4)c3)c3ccc(-c4ccccc4)cc32)c1.[Pt]. The second kappa shape index (κ2) is 19.8. The summed E-state index contributed by atoms with van der Waals surface area (Å²) in [6.45, 7) is 17.2. The molecule has 1 aliphatic rings. The molecule has 4 heterocycles. The number of hydrogen-bond acceptors (Lipinski definition) is 5. The molecule has 0 radical (unpaired) electrons. The van der Waals surface area contributed by atoms with Gasteiger partial charge in [-0.2, -0.15) is 6.07 Å². The second-order valence-corrected chi connectivity index (χ2v) is 20.8. The molecule has 0 unspecified atom stereocenters. The van der Waals surface area contributed by atoms with Crippen molar-refractivity contribution in [3.8, 4) is 61.8 Å². The zero-order chi connectivity index (χ0) is 52.5. The molecule has 79 heavy (non-hydrogen) atoms. The zero-order valence-electron chi connectivity index (χ0n) is 43.4. The molecule has 0 N–H and O–H groups in total. The molecule has 0 atom stereocenters. The number of anilines is 4. The van der Waals surface area contributed by atoms with E-state index in [9.17, 15) is 0 Å². The molecule has 3 aromatic heterocycles. The average molecular weight is 1200 g/mol.